The molecule has 1 aliphatic rings. The molecule has 0 unspecified atom stereocenters. The van der Waals surface area contributed by atoms with Crippen molar-refractivity contribution in [3.63, 3.8) is 0 Å². The summed E-state index contributed by atoms with van der Waals surface area (Å²) in [4.78, 5) is 19.1. The van der Waals surface area contributed by atoms with Gasteiger partial charge in [0.15, 0.2) is 0 Å². The van der Waals surface area contributed by atoms with Gasteiger partial charge in [-0.3, -0.25) is 4.79 Å². The third kappa shape index (κ3) is 4.03. The summed E-state index contributed by atoms with van der Waals surface area (Å²) in [6, 6.07) is 0. The lowest BCUT2D eigenvalue weighted by atomic mass is 9.91. The third-order valence-electron chi connectivity index (χ3n) is 3.60. The highest BCUT2D eigenvalue weighted by Gasteiger charge is 2.24. The number of aliphatic carboxylic acids is 1. The Morgan fingerprint density at radius 1 is 1.35 bits per heavy atom. The van der Waals surface area contributed by atoms with Crippen molar-refractivity contribution in [2.24, 2.45) is 0 Å². The molecule has 1 N–H and O–H groups in total. The number of hydrogen-bond acceptors (Lipinski definition) is 4. The maximum absolute atomic E-state index is 11.0. The molecule has 0 aromatic carbocycles. The smallest absolute Gasteiger partial charge is 0.308 e. The lowest BCUT2D eigenvalue weighted by Gasteiger charge is -2.17. The first-order chi connectivity index (χ1) is 9.36. The largest absolute Gasteiger partial charge is 0.481 e. The zero-order chi connectivity index (χ0) is 14.8. The Bertz CT molecular complexity index is 471. The number of carboxylic acids is 1. The van der Waals surface area contributed by atoms with E-state index in [9.17, 15) is 4.79 Å². The van der Waals surface area contributed by atoms with Gasteiger partial charge in [-0.2, -0.15) is 0 Å². The Morgan fingerprint density at radius 3 is 2.55 bits per heavy atom. The molecule has 4 nitrogen and oxygen atoms in total. The normalized spacial score (nSPS) is 16.8. The summed E-state index contributed by atoms with van der Waals surface area (Å²) in [6.07, 6.45) is 3.63. The topological polar surface area (TPSA) is 53.4 Å². The maximum atomic E-state index is 11.0. The molecule has 1 aromatic rings. The van der Waals surface area contributed by atoms with Gasteiger partial charge in [0.1, 0.15) is 0 Å². The molecule has 1 fully saturated rings. The molecule has 0 aliphatic carbocycles. The molecule has 20 heavy (non-hydrogen) atoms. The summed E-state index contributed by atoms with van der Waals surface area (Å²) in [7, 11) is 0. The van der Waals surface area contributed by atoms with E-state index in [0.29, 0.717) is 0 Å². The van der Waals surface area contributed by atoms with Crippen LogP contribution >= 0.6 is 11.3 Å². The average Bonchev–Trinajstić information content (AvgIpc) is 2.93. The van der Waals surface area contributed by atoms with E-state index in [0.717, 1.165) is 28.5 Å². The highest BCUT2D eigenvalue weighted by Crippen LogP contribution is 2.30. The van der Waals surface area contributed by atoms with E-state index in [-0.39, 0.29) is 11.8 Å². The van der Waals surface area contributed by atoms with Gasteiger partial charge in [-0.05, 0) is 25.9 Å². The first kappa shape index (κ1) is 15.4. The molecule has 0 radical (unpaired) electrons. The number of carbonyl (C=O) groups is 1. The van der Waals surface area contributed by atoms with Crippen molar-refractivity contribution in [1.82, 2.24) is 9.88 Å². The minimum absolute atomic E-state index is 0.0901. The lowest BCUT2D eigenvalue weighted by Crippen LogP contribution is -2.22. The summed E-state index contributed by atoms with van der Waals surface area (Å²) in [6.45, 7) is 9.72. The maximum Gasteiger partial charge on any atom is 0.308 e. The second-order valence-electron chi connectivity index (χ2n) is 6.50. The Morgan fingerprint density at radius 2 is 2.00 bits per heavy atom. The Kier molecular flexibility index (Phi) is 4.81. The molecule has 2 rings (SSSR count). The molecule has 1 aromatic heterocycles. The van der Waals surface area contributed by atoms with Crippen LogP contribution < -0.4 is 0 Å². The van der Waals surface area contributed by atoms with Crippen LogP contribution in [0, 0.1) is 0 Å². The summed E-state index contributed by atoms with van der Waals surface area (Å²) in [5, 5.41) is 10.1. The Hall–Kier alpha value is -0.940. The van der Waals surface area contributed by atoms with Crippen LogP contribution in [0.25, 0.3) is 0 Å². The van der Waals surface area contributed by atoms with Crippen molar-refractivity contribution in [2.45, 2.75) is 51.9 Å². The van der Waals surface area contributed by atoms with E-state index in [1.165, 1.54) is 25.9 Å². The van der Waals surface area contributed by atoms with E-state index < -0.39 is 5.97 Å². The first-order valence-electron chi connectivity index (χ1n) is 7.29. The first-order valence-corrected chi connectivity index (χ1v) is 8.11. The van der Waals surface area contributed by atoms with Gasteiger partial charge in [0.25, 0.3) is 0 Å². The fourth-order valence-electron chi connectivity index (χ4n) is 2.61. The van der Waals surface area contributed by atoms with Crippen LogP contribution in [-0.2, 0) is 23.1 Å². The van der Waals surface area contributed by atoms with Crippen molar-refractivity contribution in [3.8, 4) is 0 Å². The third-order valence-corrected chi connectivity index (χ3v) is 4.72. The van der Waals surface area contributed by atoms with Gasteiger partial charge in [-0.25, -0.2) is 4.98 Å². The Balaban J connectivity index is 2.09. The van der Waals surface area contributed by atoms with E-state index in [4.69, 9.17) is 10.1 Å². The van der Waals surface area contributed by atoms with Crippen molar-refractivity contribution >= 4 is 17.3 Å². The summed E-state index contributed by atoms with van der Waals surface area (Å²) < 4.78 is 0. The molecule has 112 valence electrons. The van der Waals surface area contributed by atoms with E-state index in [1.807, 2.05) is 0 Å². The molecule has 5 heteroatoms. The highest BCUT2D eigenvalue weighted by molar-refractivity contribution is 7.11. The van der Waals surface area contributed by atoms with E-state index in [2.05, 4.69) is 25.7 Å². The van der Waals surface area contributed by atoms with Gasteiger partial charge in [0.2, 0.25) is 0 Å². The van der Waals surface area contributed by atoms with Crippen LogP contribution in [0.4, 0.5) is 0 Å². The molecule has 0 spiro atoms. The quantitative estimate of drug-likeness (QED) is 0.907. The zero-order valence-corrected chi connectivity index (χ0v) is 13.4. The number of thiazole rings is 1. The van der Waals surface area contributed by atoms with Gasteiger partial charge >= 0.3 is 5.97 Å². The van der Waals surface area contributed by atoms with Gasteiger partial charge in [0.05, 0.1) is 17.1 Å². The second kappa shape index (κ2) is 6.22. The number of rotatable bonds is 5. The zero-order valence-electron chi connectivity index (χ0n) is 12.6. The van der Waals surface area contributed by atoms with Crippen LogP contribution in [0.3, 0.4) is 0 Å². The molecule has 0 amide bonds. The van der Waals surface area contributed by atoms with Crippen LogP contribution in [0.2, 0.25) is 0 Å². The number of nitrogens with zero attached hydrogens (tertiary/aromatic N) is 2. The predicted octanol–water partition coefficient (Wildman–Crippen LogP) is 2.71. The number of aromatic nitrogens is 1. The number of likely N-dealkylation sites (tertiary alicyclic amines) is 1. The Labute approximate surface area is 124 Å². The fourth-order valence-corrected chi connectivity index (χ4v) is 3.87. The lowest BCUT2D eigenvalue weighted by molar-refractivity contribution is -0.136. The van der Waals surface area contributed by atoms with Crippen molar-refractivity contribution < 1.29 is 9.90 Å². The predicted molar refractivity (Wildman–Crippen MR) is 81.5 cm³/mol. The standard InChI is InChI=1S/C15H24N2O2S/c1-15(2,3)14-11(10-13(18)19)20-12(16-14)6-9-17-7-4-5-8-17/h4-10H2,1-3H3,(H,18,19). The SMILES string of the molecule is CC(C)(C)c1nc(CCN2CCCC2)sc1CC(=O)O. The summed E-state index contributed by atoms with van der Waals surface area (Å²) >= 11 is 1.58. The van der Waals surface area contributed by atoms with Crippen LogP contribution in [0.5, 0.6) is 0 Å². The van der Waals surface area contributed by atoms with Crippen molar-refractivity contribution in [1.29, 1.82) is 0 Å². The van der Waals surface area contributed by atoms with Gasteiger partial charge in [-0.15, -0.1) is 11.3 Å². The number of carboxylic acid groups (broad SMARTS) is 1. The molecule has 0 bridgehead atoms. The van der Waals surface area contributed by atoms with E-state index >= 15 is 0 Å². The number of hydrogen-bond donors (Lipinski definition) is 1. The molecular formula is C15H24N2O2S. The van der Waals surface area contributed by atoms with Crippen LogP contribution in [0.1, 0.15) is 49.2 Å². The molecule has 2 heterocycles. The van der Waals surface area contributed by atoms with Gasteiger partial charge < -0.3 is 10.0 Å². The summed E-state index contributed by atoms with van der Waals surface area (Å²) in [5.41, 5.74) is 0.869. The molecule has 0 saturated carbocycles. The fraction of sp³-hybridized carbons (Fsp3) is 0.733. The van der Waals surface area contributed by atoms with Gasteiger partial charge in [-0.1, -0.05) is 20.8 Å². The molecular weight excluding hydrogens is 272 g/mol. The molecule has 0 atom stereocenters. The van der Waals surface area contributed by atoms with E-state index in [1.54, 1.807) is 11.3 Å². The van der Waals surface area contributed by atoms with Crippen LogP contribution in [0.15, 0.2) is 0 Å². The minimum Gasteiger partial charge on any atom is -0.481 e. The summed E-state index contributed by atoms with van der Waals surface area (Å²) in [5.74, 6) is -0.773. The van der Waals surface area contributed by atoms with Crippen molar-refractivity contribution in [2.75, 3.05) is 19.6 Å². The van der Waals surface area contributed by atoms with Crippen LogP contribution in [-0.4, -0.2) is 40.6 Å². The molecule has 1 aliphatic heterocycles. The molecule has 1 saturated heterocycles. The highest BCUT2D eigenvalue weighted by atomic mass is 32.1. The second-order valence-corrected chi connectivity index (χ2v) is 7.67. The van der Waals surface area contributed by atoms with Gasteiger partial charge in [0, 0.05) is 23.3 Å². The average molecular weight is 296 g/mol. The minimum atomic E-state index is -0.773. The van der Waals surface area contributed by atoms with Crippen molar-refractivity contribution in [3.05, 3.63) is 15.6 Å². The monoisotopic (exact) mass is 296 g/mol.